The van der Waals surface area contributed by atoms with E-state index in [1.165, 1.54) is 12.1 Å². The molecule has 0 radical (unpaired) electrons. The molecule has 0 saturated heterocycles. The number of anilines is 1. The summed E-state index contributed by atoms with van der Waals surface area (Å²) >= 11 is 5.77. The summed E-state index contributed by atoms with van der Waals surface area (Å²) in [6.45, 7) is 2.36. The van der Waals surface area contributed by atoms with Crippen LogP contribution in [0.2, 0.25) is 5.15 Å². The van der Waals surface area contributed by atoms with E-state index in [1.54, 1.807) is 0 Å². The largest absolute Gasteiger partial charge is 0.478 e. The third kappa shape index (κ3) is 3.66. The number of aromatic nitrogens is 2. The monoisotopic (exact) mass is 277 g/mol. The van der Waals surface area contributed by atoms with Gasteiger partial charge in [0.2, 0.25) is 0 Å². The first kappa shape index (κ1) is 13.3. The molecule has 0 aliphatic carbocycles. The molecule has 0 aliphatic heterocycles. The molecular weight excluding hydrogens is 266 g/mol. The van der Waals surface area contributed by atoms with Gasteiger partial charge in [-0.15, -0.1) is 0 Å². The lowest BCUT2D eigenvalue weighted by molar-refractivity contribution is 0.0697. The first-order valence-corrected chi connectivity index (χ1v) is 5.99. The Morgan fingerprint density at radius 1 is 1.37 bits per heavy atom. The van der Waals surface area contributed by atoms with Crippen molar-refractivity contribution in [2.75, 3.05) is 5.32 Å². The normalized spacial score (nSPS) is 10.2. The molecule has 5 nitrogen and oxygen atoms in total. The number of hydrogen-bond acceptors (Lipinski definition) is 4. The maximum Gasteiger partial charge on any atom is 0.335 e. The van der Waals surface area contributed by atoms with Crippen LogP contribution in [0.3, 0.4) is 0 Å². The smallest absolute Gasteiger partial charge is 0.335 e. The van der Waals surface area contributed by atoms with Crippen LogP contribution in [-0.2, 0) is 6.54 Å². The van der Waals surface area contributed by atoms with Gasteiger partial charge in [0.25, 0.3) is 0 Å². The van der Waals surface area contributed by atoms with E-state index in [-0.39, 0.29) is 10.7 Å². The highest BCUT2D eigenvalue weighted by atomic mass is 35.5. The van der Waals surface area contributed by atoms with Crippen LogP contribution in [0.25, 0.3) is 0 Å². The Balaban J connectivity index is 2.13. The average Bonchev–Trinajstić information content (AvgIpc) is 2.36. The van der Waals surface area contributed by atoms with E-state index >= 15 is 0 Å². The second-order valence-corrected chi connectivity index (χ2v) is 4.38. The zero-order valence-electron chi connectivity index (χ0n) is 10.2. The number of aromatic carboxylic acids is 1. The van der Waals surface area contributed by atoms with Crippen molar-refractivity contribution in [3.8, 4) is 0 Å². The standard InChI is InChI=1S/C13H12ClN3O2/c1-8-3-2-4-10(16-8)7-15-12-6-9(13(18)19)5-11(14)17-12/h2-6H,7H2,1H3,(H,15,17)(H,18,19). The predicted octanol–water partition coefficient (Wildman–Crippen LogP) is 2.75. The Labute approximate surface area is 115 Å². The number of carboxylic acid groups (broad SMARTS) is 1. The van der Waals surface area contributed by atoms with Crippen LogP contribution in [0.5, 0.6) is 0 Å². The van der Waals surface area contributed by atoms with Crippen LogP contribution in [0.1, 0.15) is 21.7 Å². The van der Waals surface area contributed by atoms with Gasteiger partial charge in [0.05, 0.1) is 17.8 Å². The summed E-state index contributed by atoms with van der Waals surface area (Å²) in [4.78, 5) is 19.2. The van der Waals surface area contributed by atoms with Gasteiger partial charge in [0.1, 0.15) is 11.0 Å². The van der Waals surface area contributed by atoms with Crippen molar-refractivity contribution in [1.29, 1.82) is 0 Å². The van der Waals surface area contributed by atoms with E-state index in [1.807, 2.05) is 25.1 Å². The van der Waals surface area contributed by atoms with Crippen LogP contribution in [0, 0.1) is 6.92 Å². The second-order valence-electron chi connectivity index (χ2n) is 3.99. The predicted molar refractivity (Wildman–Crippen MR) is 72.5 cm³/mol. The zero-order valence-corrected chi connectivity index (χ0v) is 11.0. The Morgan fingerprint density at radius 3 is 2.84 bits per heavy atom. The molecule has 2 heterocycles. The Morgan fingerprint density at radius 2 is 2.16 bits per heavy atom. The molecule has 0 spiro atoms. The van der Waals surface area contributed by atoms with Crippen molar-refractivity contribution >= 4 is 23.4 Å². The van der Waals surface area contributed by atoms with Crippen molar-refractivity contribution < 1.29 is 9.90 Å². The lowest BCUT2D eigenvalue weighted by atomic mass is 10.2. The summed E-state index contributed by atoms with van der Waals surface area (Å²) in [6, 6.07) is 8.43. The Kier molecular flexibility index (Phi) is 3.97. The summed E-state index contributed by atoms with van der Waals surface area (Å²) in [5.74, 6) is -0.630. The molecule has 2 aromatic heterocycles. The van der Waals surface area contributed by atoms with Crippen LogP contribution < -0.4 is 5.32 Å². The topological polar surface area (TPSA) is 75.1 Å². The second kappa shape index (κ2) is 5.67. The number of hydrogen-bond donors (Lipinski definition) is 2. The SMILES string of the molecule is Cc1cccc(CNc2cc(C(=O)O)cc(Cl)n2)n1. The lowest BCUT2D eigenvalue weighted by Gasteiger charge is -2.07. The molecule has 2 N–H and O–H groups in total. The van der Waals surface area contributed by atoms with Crippen molar-refractivity contribution in [3.63, 3.8) is 0 Å². The highest BCUT2D eigenvalue weighted by Gasteiger charge is 2.07. The van der Waals surface area contributed by atoms with E-state index in [0.29, 0.717) is 12.4 Å². The third-order valence-electron chi connectivity index (χ3n) is 2.44. The average molecular weight is 278 g/mol. The summed E-state index contributed by atoms with van der Waals surface area (Å²) in [7, 11) is 0. The molecule has 0 saturated carbocycles. The van der Waals surface area contributed by atoms with Gasteiger partial charge in [-0.2, -0.15) is 0 Å². The molecule has 0 unspecified atom stereocenters. The van der Waals surface area contributed by atoms with Crippen LogP contribution in [-0.4, -0.2) is 21.0 Å². The minimum absolute atomic E-state index is 0.0969. The van der Waals surface area contributed by atoms with Crippen molar-refractivity contribution in [1.82, 2.24) is 9.97 Å². The van der Waals surface area contributed by atoms with Gasteiger partial charge < -0.3 is 10.4 Å². The van der Waals surface area contributed by atoms with Gasteiger partial charge in [-0.3, -0.25) is 4.98 Å². The summed E-state index contributed by atoms with van der Waals surface area (Å²) in [5, 5.41) is 12.1. The van der Waals surface area contributed by atoms with Crippen LogP contribution in [0.15, 0.2) is 30.3 Å². The van der Waals surface area contributed by atoms with Gasteiger partial charge >= 0.3 is 5.97 Å². The third-order valence-corrected chi connectivity index (χ3v) is 2.63. The summed E-state index contributed by atoms with van der Waals surface area (Å²) in [6.07, 6.45) is 0. The number of aryl methyl sites for hydroxylation is 1. The maximum absolute atomic E-state index is 10.9. The molecule has 2 rings (SSSR count). The summed E-state index contributed by atoms with van der Waals surface area (Å²) in [5.41, 5.74) is 1.86. The minimum atomic E-state index is -1.04. The van der Waals surface area contributed by atoms with E-state index in [0.717, 1.165) is 11.4 Å². The molecule has 0 aromatic carbocycles. The van der Waals surface area contributed by atoms with Crippen molar-refractivity contribution in [2.45, 2.75) is 13.5 Å². The number of nitrogens with zero attached hydrogens (tertiary/aromatic N) is 2. The number of carbonyl (C=O) groups is 1. The van der Waals surface area contributed by atoms with Crippen molar-refractivity contribution in [3.05, 3.63) is 52.4 Å². The van der Waals surface area contributed by atoms with Gasteiger partial charge in [0.15, 0.2) is 0 Å². The minimum Gasteiger partial charge on any atom is -0.478 e. The fourth-order valence-corrected chi connectivity index (χ4v) is 1.80. The Hall–Kier alpha value is -2.14. The van der Waals surface area contributed by atoms with Gasteiger partial charge in [-0.1, -0.05) is 17.7 Å². The molecule has 0 aliphatic rings. The lowest BCUT2D eigenvalue weighted by Crippen LogP contribution is -2.06. The Bertz CT molecular complexity index is 617. The van der Waals surface area contributed by atoms with E-state index in [2.05, 4.69) is 15.3 Å². The fourth-order valence-electron chi connectivity index (χ4n) is 1.59. The number of nitrogens with one attached hydrogen (secondary N) is 1. The molecular formula is C13H12ClN3O2. The molecule has 0 amide bonds. The van der Waals surface area contributed by atoms with E-state index in [4.69, 9.17) is 16.7 Å². The molecule has 0 fully saturated rings. The molecule has 0 bridgehead atoms. The fraction of sp³-hybridized carbons (Fsp3) is 0.154. The molecule has 19 heavy (non-hydrogen) atoms. The number of rotatable bonds is 4. The molecule has 98 valence electrons. The number of pyridine rings is 2. The molecule has 0 atom stereocenters. The van der Waals surface area contributed by atoms with Gasteiger partial charge in [0, 0.05) is 5.69 Å². The highest BCUT2D eigenvalue weighted by molar-refractivity contribution is 6.29. The van der Waals surface area contributed by atoms with Gasteiger partial charge in [-0.25, -0.2) is 9.78 Å². The maximum atomic E-state index is 10.9. The van der Waals surface area contributed by atoms with E-state index in [9.17, 15) is 4.79 Å². The first-order valence-electron chi connectivity index (χ1n) is 5.62. The quantitative estimate of drug-likeness (QED) is 0.841. The van der Waals surface area contributed by atoms with Gasteiger partial charge in [-0.05, 0) is 31.2 Å². The number of halogens is 1. The van der Waals surface area contributed by atoms with Crippen LogP contribution in [0.4, 0.5) is 5.82 Å². The zero-order chi connectivity index (χ0) is 13.8. The number of carboxylic acids is 1. The first-order chi connectivity index (χ1) is 9.04. The highest BCUT2D eigenvalue weighted by Crippen LogP contribution is 2.15. The van der Waals surface area contributed by atoms with Crippen LogP contribution >= 0.6 is 11.6 Å². The molecule has 6 heteroatoms. The van der Waals surface area contributed by atoms with E-state index < -0.39 is 5.97 Å². The molecule has 2 aromatic rings. The van der Waals surface area contributed by atoms with Crippen molar-refractivity contribution in [2.24, 2.45) is 0 Å². The summed E-state index contributed by atoms with van der Waals surface area (Å²) < 4.78 is 0.